The SMILES string of the molecule is Cc1c(C(O)S(=O)(=O)O)c(=O)n(-c2ccccc2)n1C. The summed E-state index contributed by atoms with van der Waals surface area (Å²) in [5.74, 6) is 0. The molecule has 2 aromatic rings. The normalized spacial score (nSPS) is 13.4. The summed E-state index contributed by atoms with van der Waals surface area (Å²) in [5.41, 5.74) is -2.53. The number of aliphatic hydroxyl groups excluding tert-OH is 1. The Kier molecular flexibility index (Phi) is 3.55. The molecule has 2 N–H and O–H groups in total. The lowest BCUT2D eigenvalue weighted by Gasteiger charge is -2.07. The van der Waals surface area contributed by atoms with E-state index < -0.39 is 21.1 Å². The number of benzene rings is 1. The quantitative estimate of drug-likeness (QED) is 0.797. The van der Waals surface area contributed by atoms with Gasteiger partial charge in [-0.2, -0.15) is 8.42 Å². The van der Waals surface area contributed by atoms with Crippen LogP contribution in [0.1, 0.15) is 16.7 Å². The number of hydrogen-bond donors (Lipinski definition) is 2. The van der Waals surface area contributed by atoms with Crippen molar-refractivity contribution >= 4 is 10.1 Å². The number of aliphatic hydroxyl groups is 1. The molecule has 20 heavy (non-hydrogen) atoms. The topological polar surface area (TPSA) is 102 Å². The van der Waals surface area contributed by atoms with Crippen molar-refractivity contribution < 1.29 is 18.1 Å². The molecule has 1 aromatic carbocycles. The van der Waals surface area contributed by atoms with Gasteiger partial charge in [0.05, 0.1) is 11.3 Å². The van der Waals surface area contributed by atoms with E-state index in [4.69, 9.17) is 4.55 Å². The fourth-order valence-electron chi connectivity index (χ4n) is 2.02. The Balaban J connectivity index is 2.74. The van der Waals surface area contributed by atoms with Crippen LogP contribution in [-0.2, 0) is 17.2 Å². The van der Waals surface area contributed by atoms with Gasteiger partial charge in [-0.3, -0.25) is 14.0 Å². The van der Waals surface area contributed by atoms with Crippen molar-refractivity contribution in [3.63, 3.8) is 0 Å². The molecular weight excluding hydrogens is 284 g/mol. The summed E-state index contributed by atoms with van der Waals surface area (Å²) in [6.45, 7) is 1.49. The zero-order valence-corrected chi connectivity index (χ0v) is 11.7. The van der Waals surface area contributed by atoms with Crippen LogP contribution in [0.4, 0.5) is 0 Å². The largest absolute Gasteiger partial charge is 0.371 e. The predicted molar refractivity (Wildman–Crippen MR) is 72.3 cm³/mol. The lowest BCUT2D eigenvalue weighted by molar-refractivity contribution is 0.236. The Bertz CT molecular complexity index is 789. The second kappa shape index (κ2) is 4.89. The maximum atomic E-state index is 12.3. The van der Waals surface area contributed by atoms with Gasteiger partial charge in [0.1, 0.15) is 0 Å². The molecule has 0 aliphatic heterocycles. The van der Waals surface area contributed by atoms with Gasteiger partial charge in [-0.05, 0) is 19.1 Å². The standard InChI is InChI=1S/C12H14N2O5S/c1-8-10(12(16)20(17,18)19)11(15)14(13(8)2)9-6-4-3-5-7-9/h3-7,12,16H,1-2H3,(H,17,18,19). The van der Waals surface area contributed by atoms with E-state index in [1.54, 1.807) is 37.4 Å². The van der Waals surface area contributed by atoms with Gasteiger partial charge < -0.3 is 5.11 Å². The Hall–Kier alpha value is -1.90. The predicted octanol–water partition coefficient (Wildman–Crippen LogP) is 0.363. The molecule has 1 heterocycles. The third-order valence-electron chi connectivity index (χ3n) is 3.13. The van der Waals surface area contributed by atoms with Crippen LogP contribution in [0.15, 0.2) is 35.1 Å². The third kappa shape index (κ3) is 2.28. The molecule has 0 bridgehead atoms. The van der Waals surface area contributed by atoms with Crippen LogP contribution >= 0.6 is 0 Å². The molecule has 0 saturated carbocycles. The van der Waals surface area contributed by atoms with Crippen LogP contribution in [0, 0.1) is 6.92 Å². The lowest BCUT2D eigenvalue weighted by Crippen LogP contribution is -2.24. The van der Waals surface area contributed by atoms with E-state index in [1.807, 2.05) is 0 Å². The van der Waals surface area contributed by atoms with Gasteiger partial charge in [0.2, 0.25) is 5.44 Å². The molecule has 7 nitrogen and oxygen atoms in total. The molecule has 1 aromatic heterocycles. The summed E-state index contributed by atoms with van der Waals surface area (Å²) in [5, 5.41) is 9.64. The molecule has 0 fully saturated rings. The maximum absolute atomic E-state index is 12.3. The molecule has 0 radical (unpaired) electrons. The highest BCUT2D eigenvalue weighted by Crippen LogP contribution is 2.20. The second-order valence-corrected chi connectivity index (χ2v) is 5.82. The van der Waals surface area contributed by atoms with E-state index in [0.29, 0.717) is 5.69 Å². The van der Waals surface area contributed by atoms with Crippen molar-refractivity contribution in [1.82, 2.24) is 9.36 Å². The highest BCUT2D eigenvalue weighted by molar-refractivity contribution is 7.85. The molecule has 108 valence electrons. The molecule has 1 unspecified atom stereocenters. The highest BCUT2D eigenvalue weighted by Gasteiger charge is 2.30. The zero-order valence-electron chi connectivity index (χ0n) is 10.9. The monoisotopic (exact) mass is 298 g/mol. The minimum absolute atomic E-state index is 0.254. The van der Waals surface area contributed by atoms with Gasteiger partial charge in [-0.1, -0.05) is 18.2 Å². The fourth-order valence-corrected chi connectivity index (χ4v) is 2.59. The van der Waals surface area contributed by atoms with Crippen molar-refractivity contribution in [1.29, 1.82) is 0 Å². The average molecular weight is 298 g/mol. The molecule has 0 aliphatic rings. The van der Waals surface area contributed by atoms with Crippen molar-refractivity contribution in [2.45, 2.75) is 12.4 Å². The third-order valence-corrected chi connectivity index (χ3v) is 3.93. The minimum atomic E-state index is -4.76. The Morgan fingerprint density at radius 3 is 2.25 bits per heavy atom. The summed E-state index contributed by atoms with van der Waals surface area (Å²) in [6, 6.07) is 8.57. The van der Waals surface area contributed by atoms with Crippen LogP contribution in [0.25, 0.3) is 5.69 Å². The van der Waals surface area contributed by atoms with Gasteiger partial charge in [-0.15, -0.1) is 0 Å². The van der Waals surface area contributed by atoms with Crippen LogP contribution in [-0.4, -0.2) is 27.4 Å². The van der Waals surface area contributed by atoms with E-state index in [1.165, 1.54) is 16.3 Å². The average Bonchev–Trinajstić information content (AvgIpc) is 2.60. The number of aromatic nitrogens is 2. The summed E-state index contributed by atoms with van der Waals surface area (Å²) >= 11 is 0. The Labute approximate surface area is 115 Å². The van der Waals surface area contributed by atoms with E-state index >= 15 is 0 Å². The van der Waals surface area contributed by atoms with Crippen LogP contribution in [0.2, 0.25) is 0 Å². The van der Waals surface area contributed by atoms with Crippen LogP contribution in [0.5, 0.6) is 0 Å². The van der Waals surface area contributed by atoms with Crippen molar-refractivity contribution in [2.24, 2.45) is 7.05 Å². The van der Waals surface area contributed by atoms with Gasteiger partial charge >= 0.3 is 0 Å². The smallest absolute Gasteiger partial charge is 0.296 e. The van der Waals surface area contributed by atoms with Crippen LogP contribution in [0.3, 0.4) is 0 Å². The van der Waals surface area contributed by atoms with Gasteiger partial charge in [0.25, 0.3) is 15.7 Å². The molecule has 0 amide bonds. The first-order valence-corrected chi connectivity index (χ1v) is 7.23. The lowest BCUT2D eigenvalue weighted by atomic mass is 10.2. The first-order valence-electron chi connectivity index (χ1n) is 5.73. The molecule has 0 aliphatic carbocycles. The fraction of sp³-hybridized carbons (Fsp3) is 0.250. The molecule has 0 saturated heterocycles. The van der Waals surface area contributed by atoms with E-state index in [2.05, 4.69) is 0 Å². The molecule has 1 atom stereocenters. The van der Waals surface area contributed by atoms with Crippen LogP contribution < -0.4 is 5.56 Å². The van der Waals surface area contributed by atoms with Gasteiger partial charge in [-0.25, -0.2) is 4.68 Å². The summed E-state index contributed by atoms with van der Waals surface area (Å²) < 4.78 is 33.6. The Morgan fingerprint density at radius 2 is 1.75 bits per heavy atom. The molecule has 2 rings (SSSR count). The molecular formula is C12H14N2O5S. The van der Waals surface area contributed by atoms with Gasteiger partial charge in [0.15, 0.2) is 0 Å². The van der Waals surface area contributed by atoms with E-state index in [-0.39, 0.29) is 11.3 Å². The first kappa shape index (κ1) is 14.5. The number of rotatable bonds is 3. The summed E-state index contributed by atoms with van der Waals surface area (Å²) in [6.07, 6.45) is 0. The van der Waals surface area contributed by atoms with Gasteiger partial charge in [0, 0.05) is 12.7 Å². The van der Waals surface area contributed by atoms with Crippen molar-refractivity contribution in [2.75, 3.05) is 0 Å². The summed E-state index contributed by atoms with van der Waals surface area (Å²) in [7, 11) is -3.20. The number of nitrogens with zero attached hydrogens (tertiary/aromatic N) is 2. The first-order chi connectivity index (χ1) is 9.25. The summed E-state index contributed by atoms with van der Waals surface area (Å²) in [4.78, 5) is 12.3. The second-order valence-electron chi connectivity index (χ2n) is 4.34. The van der Waals surface area contributed by atoms with E-state index in [0.717, 1.165) is 0 Å². The Morgan fingerprint density at radius 1 is 1.20 bits per heavy atom. The number of hydrogen-bond acceptors (Lipinski definition) is 4. The van der Waals surface area contributed by atoms with E-state index in [9.17, 15) is 18.3 Å². The highest BCUT2D eigenvalue weighted by atomic mass is 32.2. The van der Waals surface area contributed by atoms with Crippen molar-refractivity contribution in [3.8, 4) is 5.69 Å². The van der Waals surface area contributed by atoms with Crippen molar-refractivity contribution in [3.05, 3.63) is 51.9 Å². The maximum Gasteiger partial charge on any atom is 0.296 e. The number of para-hydroxylation sites is 1. The molecule has 0 spiro atoms. The molecule has 8 heteroatoms. The zero-order chi connectivity index (χ0) is 15.1. The minimum Gasteiger partial charge on any atom is -0.371 e.